The first kappa shape index (κ1) is 50.4. The second kappa shape index (κ2) is 19.3. The van der Waals surface area contributed by atoms with Crippen molar-refractivity contribution in [1.29, 1.82) is 0 Å². The molecule has 8 rings (SSSR count). The lowest BCUT2D eigenvalue weighted by Crippen LogP contribution is -2.04. The molecule has 0 radical (unpaired) electrons. The number of anilines is 2. The standard InChI is InChI=1S/C45H35N7O16S4/c1-66-29-9-6-26(7-10-29)46-27-8-12-32-25(16-27)18-43(72(63,64)65)44(45(32)53)52-49-37-15-14-36(33-13-11-30(20-35(33)37)69(54,55)56)48-51-39-23-40(67-2)38(22-41(39)68-3)50-47-28-5-4-24-17-31(70(57,58)59)21-42(34(24)19-28)71(60,61)62/h4-23,46,53H,1-3H3,(H,54,55,56)(H,57,58,59)(H,60,61,62)(H,63,64,65). The molecule has 27 heteroatoms. The van der Waals surface area contributed by atoms with E-state index < -0.39 is 71.5 Å². The topological polar surface area (TPSA) is 352 Å². The Morgan fingerprint density at radius 1 is 0.417 bits per heavy atom. The van der Waals surface area contributed by atoms with E-state index in [1.807, 2.05) is 0 Å². The van der Waals surface area contributed by atoms with Crippen LogP contribution in [0, 0.1) is 0 Å². The van der Waals surface area contributed by atoms with Crippen molar-refractivity contribution in [2.45, 2.75) is 19.6 Å². The van der Waals surface area contributed by atoms with Gasteiger partial charge in [0.15, 0.2) is 5.75 Å². The highest BCUT2D eigenvalue weighted by Gasteiger charge is 2.24. The number of benzene rings is 8. The minimum atomic E-state index is -5.05. The molecule has 0 bridgehead atoms. The molecule has 0 spiro atoms. The summed E-state index contributed by atoms with van der Waals surface area (Å²) < 4.78 is 154. The van der Waals surface area contributed by atoms with Gasteiger partial charge in [-0.25, -0.2) is 0 Å². The maximum atomic E-state index is 12.7. The summed E-state index contributed by atoms with van der Waals surface area (Å²) in [5.41, 5.74) is 0.720. The number of phenols is 1. The molecule has 0 heterocycles. The second-order valence-electron chi connectivity index (χ2n) is 15.2. The van der Waals surface area contributed by atoms with Gasteiger partial charge in [-0.15, -0.1) is 25.6 Å². The van der Waals surface area contributed by atoms with Crippen LogP contribution in [0.25, 0.3) is 32.3 Å². The largest absolute Gasteiger partial charge is 0.505 e. The number of hydrogen-bond acceptors (Lipinski definition) is 19. The summed E-state index contributed by atoms with van der Waals surface area (Å²) >= 11 is 0. The maximum Gasteiger partial charge on any atom is 0.296 e. The van der Waals surface area contributed by atoms with Gasteiger partial charge in [0, 0.05) is 45.1 Å². The highest BCUT2D eigenvalue weighted by molar-refractivity contribution is 7.87. The molecular weight excluding hydrogens is 1020 g/mol. The lowest BCUT2D eigenvalue weighted by atomic mass is 10.1. The molecule has 0 aliphatic rings. The number of aromatic hydroxyl groups is 1. The first-order valence-corrected chi connectivity index (χ1v) is 26.0. The van der Waals surface area contributed by atoms with Crippen LogP contribution in [-0.2, 0) is 40.5 Å². The molecule has 0 saturated carbocycles. The Morgan fingerprint density at radius 2 is 0.986 bits per heavy atom. The number of ether oxygens (including phenoxy) is 3. The summed E-state index contributed by atoms with van der Waals surface area (Å²) in [5.74, 6) is 0.125. The number of nitrogens with one attached hydrogen (secondary N) is 1. The number of methoxy groups -OCH3 is 3. The average molecular weight is 1060 g/mol. The summed E-state index contributed by atoms with van der Waals surface area (Å²) in [6, 6.07) is 27.1. The number of nitrogens with zero attached hydrogens (tertiary/aromatic N) is 6. The van der Waals surface area contributed by atoms with Crippen molar-refractivity contribution in [3.05, 3.63) is 121 Å². The first-order chi connectivity index (χ1) is 33.9. The van der Waals surface area contributed by atoms with Crippen LogP contribution in [0.4, 0.5) is 45.5 Å². The number of rotatable bonds is 15. The monoisotopic (exact) mass is 1060 g/mol. The average Bonchev–Trinajstić information content (AvgIpc) is 3.33. The van der Waals surface area contributed by atoms with Gasteiger partial charge in [0.1, 0.15) is 44.1 Å². The minimum Gasteiger partial charge on any atom is -0.505 e. The number of phenolic OH excluding ortho intramolecular Hbond substituents is 1. The Labute approximate surface area is 408 Å². The van der Waals surface area contributed by atoms with Crippen molar-refractivity contribution in [2.75, 3.05) is 26.6 Å². The molecule has 0 aliphatic heterocycles. The molecule has 0 aliphatic carbocycles. The Bertz CT molecular complexity index is 4100. The van der Waals surface area contributed by atoms with Crippen molar-refractivity contribution < 1.29 is 71.2 Å². The van der Waals surface area contributed by atoms with Gasteiger partial charge in [0.2, 0.25) is 0 Å². The molecule has 6 N–H and O–H groups in total. The predicted molar refractivity (Wildman–Crippen MR) is 261 cm³/mol. The fourth-order valence-corrected chi connectivity index (χ4v) is 9.76. The molecule has 370 valence electrons. The maximum absolute atomic E-state index is 12.7. The van der Waals surface area contributed by atoms with Crippen molar-refractivity contribution >= 4 is 118 Å². The normalized spacial score (nSPS) is 12.7. The van der Waals surface area contributed by atoms with E-state index in [1.165, 1.54) is 82.0 Å². The fraction of sp³-hybridized carbons (Fsp3) is 0.0667. The smallest absolute Gasteiger partial charge is 0.296 e. The number of azo groups is 3. The number of hydrogen-bond donors (Lipinski definition) is 6. The molecule has 72 heavy (non-hydrogen) atoms. The Balaban J connectivity index is 1.14. The van der Waals surface area contributed by atoms with E-state index in [1.54, 1.807) is 30.3 Å². The van der Waals surface area contributed by atoms with E-state index in [-0.39, 0.29) is 72.3 Å². The first-order valence-electron chi connectivity index (χ1n) is 20.2. The van der Waals surface area contributed by atoms with Crippen molar-refractivity contribution in [1.82, 2.24) is 0 Å². The van der Waals surface area contributed by atoms with Gasteiger partial charge in [0.25, 0.3) is 40.5 Å². The molecular formula is C45H35N7O16S4. The molecule has 8 aromatic carbocycles. The predicted octanol–water partition coefficient (Wildman–Crippen LogP) is 10.9. The SMILES string of the molecule is COc1ccc(Nc2ccc3c(O)c(N=Nc4ccc(N=Nc5cc(OC)c(N=Nc6ccc7cc(S(=O)(=O)O)cc(S(=O)(=O)O)c7c6)cc5OC)c5ccc(S(=O)(=O)O)cc45)c(S(=O)(=O)O)cc3c2)cc1. The zero-order valence-corrected chi connectivity index (χ0v) is 40.4. The lowest BCUT2D eigenvalue weighted by molar-refractivity contribution is 0.405. The van der Waals surface area contributed by atoms with Gasteiger partial charge < -0.3 is 24.6 Å². The second-order valence-corrected chi connectivity index (χ2v) is 20.8. The summed E-state index contributed by atoms with van der Waals surface area (Å²) in [6.07, 6.45) is 0. The quantitative estimate of drug-likeness (QED) is 0.0410. The summed E-state index contributed by atoms with van der Waals surface area (Å²) in [7, 11) is -15.5. The van der Waals surface area contributed by atoms with E-state index in [9.17, 15) is 57.0 Å². The Kier molecular flexibility index (Phi) is 13.5. The van der Waals surface area contributed by atoms with Crippen LogP contribution < -0.4 is 19.5 Å². The van der Waals surface area contributed by atoms with E-state index in [4.69, 9.17) is 14.2 Å². The Hall–Kier alpha value is -8.02. The Morgan fingerprint density at radius 3 is 1.58 bits per heavy atom. The summed E-state index contributed by atoms with van der Waals surface area (Å²) in [6.45, 7) is 0. The molecule has 0 atom stereocenters. The molecule has 0 amide bonds. The number of fused-ring (bicyclic) bond motifs is 3. The van der Waals surface area contributed by atoms with E-state index in [2.05, 4.69) is 36.0 Å². The molecule has 23 nitrogen and oxygen atoms in total. The molecule has 0 unspecified atom stereocenters. The van der Waals surface area contributed by atoms with Crippen LogP contribution in [0.5, 0.6) is 23.0 Å². The molecule has 8 aromatic rings. The third kappa shape index (κ3) is 10.7. The molecule has 0 aromatic heterocycles. The van der Waals surface area contributed by atoms with Crippen LogP contribution in [0.1, 0.15) is 0 Å². The van der Waals surface area contributed by atoms with Gasteiger partial charge in [-0.1, -0.05) is 12.1 Å². The van der Waals surface area contributed by atoms with Gasteiger partial charge in [-0.2, -0.15) is 38.8 Å². The van der Waals surface area contributed by atoms with Crippen LogP contribution in [0.2, 0.25) is 0 Å². The molecule has 0 fully saturated rings. The van der Waals surface area contributed by atoms with Crippen molar-refractivity contribution in [3.8, 4) is 23.0 Å². The lowest BCUT2D eigenvalue weighted by Gasteiger charge is -2.12. The highest BCUT2D eigenvalue weighted by Crippen LogP contribution is 2.45. The minimum absolute atomic E-state index is 0.00447. The van der Waals surface area contributed by atoms with Crippen LogP contribution in [-0.4, -0.2) is 78.3 Å². The van der Waals surface area contributed by atoms with E-state index in [0.717, 1.165) is 24.3 Å². The zero-order chi connectivity index (χ0) is 51.9. The van der Waals surface area contributed by atoms with Gasteiger partial charge in [-0.05, 0) is 108 Å². The fourth-order valence-electron chi connectivity index (χ4n) is 7.25. The van der Waals surface area contributed by atoms with Crippen LogP contribution in [0.3, 0.4) is 0 Å². The van der Waals surface area contributed by atoms with E-state index >= 15 is 0 Å². The molecule has 0 saturated heterocycles. The zero-order valence-electron chi connectivity index (χ0n) is 37.1. The van der Waals surface area contributed by atoms with Gasteiger partial charge in [0.05, 0.1) is 48.2 Å². The van der Waals surface area contributed by atoms with E-state index in [0.29, 0.717) is 23.2 Å². The summed E-state index contributed by atoms with van der Waals surface area (Å²) in [5, 5.41) is 40.1. The van der Waals surface area contributed by atoms with Gasteiger partial charge >= 0.3 is 0 Å². The highest BCUT2D eigenvalue weighted by atomic mass is 32.2. The van der Waals surface area contributed by atoms with Gasteiger partial charge in [-0.3, -0.25) is 18.2 Å². The van der Waals surface area contributed by atoms with Crippen molar-refractivity contribution in [3.63, 3.8) is 0 Å². The van der Waals surface area contributed by atoms with Crippen LogP contribution in [0.15, 0.2) is 172 Å². The van der Waals surface area contributed by atoms with Crippen molar-refractivity contribution in [2.24, 2.45) is 30.7 Å². The summed E-state index contributed by atoms with van der Waals surface area (Å²) in [4.78, 5) is -2.94. The van der Waals surface area contributed by atoms with Crippen LogP contribution >= 0.6 is 0 Å². The third-order valence-electron chi connectivity index (χ3n) is 10.7. The third-order valence-corrected chi connectivity index (χ3v) is 14.1.